The molecule has 0 bridgehead atoms. The highest BCUT2D eigenvalue weighted by atomic mass is 32.2. The SMILES string of the molecule is N#CCNC(=O)c1ccc(-c2ccnc(Nc3ccc(N4CCOCC4)c(C(=O)SCF)c3)n2)cc1. The van der Waals surface area contributed by atoms with Gasteiger partial charge >= 0.3 is 0 Å². The summed E-state index contributed by atoms with van der Waals surface area (Å²) < 4.78 is 18.3. The average molecular weight is 507 g/mol. The quantitative estimate of drug-likeness (QED) is 0.440. The predicted molar refractivity (Wildman–Crippen MR) is 136 cm³/mol. The third-order valence-electron chi connectivity index (χ3n) is 5.44. The number of halogens is 1. The molecule has 36 heavy (non-hydrogen) atoms. The number of benzene rings is 2. The minimum absolute atomic E-state index is 0.0608. The molecule has 4 rings (SSSR count). The van der Waals surface area contributed by atoms with E-state index in [2.05, 4.69) is 25.5 Å². The fraction of sp³-hybridized carbons (Fsp3) is 0.240. The lowest BCUT2D eigenvalue weighted by Gasteiger charge is -2.30. The van der Waals surface area contributed by atoms with E-state index in [1.54, 1.807) is 42.6 Å². The lowest BCUT2D eigenvalue weighted by atomic mass is 10.1. The smallest absolute Gasteiger partial charge is 0.252 e. The Bertz CT molecular complexity index is 1280. The molecule has 0 radical (unpaired) electrons. The number of ether oxygens (including phenoxy) is 1. The second kappa shape index (κ2) is 12.1. The van der Waals surface area contributed by atoms with Crippen molar-refractivity contribution in [2.45, 2.75) is 0 Å². The molecule has 0 atom stereocenters. The Hall–Kier alpha value is -4.01. The summed E-state index contributed by atoms with van der Waals surface area (Å²) >= 11 is 0.618. The van der Waals surface area contributed by atoms with Gasteiger partial charge in [0.05, 0.1) is 30.5 Å². The van der Waals surface area contributed by atoms with E-state index >= 15 is 0 Å². The number of anilines is 3. The Morgan fingerprint density at radius 1 is 1.14 bits per heavy atom. The van der Waals surface area contributed by atoms with Crippen molar-refractivity contribution in [3.63, 3.8) is 0 Å². The number of alkyl halides is 1. The van der Waals surface area contributed by atoms with Crippen LogP contribution in [0.1, 0.15) is 20.7 Å². The Kier molecular flexibility index (Phi) is 8.44. The highest BCUT2D eigenvalue weighted by Crippen LogP contribution is 2.30. The fourth-order valence-corrected chi connectivity index (χ4v) is 4.13. The van der Waals surface area contributed by atoms with Gasteiger partial charge in [0.2, 0.25) is 11.1 Å². The molecule has 0 spiro atoms. The number of aromatic nitrogens is 2. The number of morpholine rings is 1. The topological polar surface area (TPSA) is 120 Å². The van der Waals surface area contributed by atoms with Gasteiger partial charge in [-0.2, -0.15) is 5.26 Å². The number of hydrogen-bond donors (Lipinski definition) is 2. The van der Waals surface area contributed by atoms with Crippen LogP contribution in [0, 0.1) is 11.3 Å². The van der Waals surface area contributed by atoms with Crippen molar-refractivity contribution >= 4 is 40.1 Å². The zero-order valence-electron chi connectivity index (χ0n) is 19.2. The molecule has 1 fully saturated rings. The Labute approximate surface area is 211 Å². The van der Waals surface area contributed by atoms with Gasteiger partial charge in [0.25, 0.3) is 5.91 Å². The minimum Gasteiger partial charge on any atom is -0.378 e. The Balaban J connectivity index is 1.54. The summed E-state index contributed by atoms with van der Waals surface area (Å²) in [6.07, 6.45) is 1.60. The number of carbonyl (C=O) groups is 2. The van der Waals surface area contributed by atoms with Gasteiger partial charge in [0.15, 0.2) is 0 Å². The molecule has 11 heteroatoms. The van der Waals surface area contributed by atoms with Crippen LogP contribution in [0.3, 0.4) is 0 Å². The summed E-state index contributed by atoms with van der Waals surface area (Å²) in [5.74, 6) is -0.0102. The number of amides is 1. The molecule has 1 aliphatic rings. The van der Waals surface area contributed by atoms with E-state index in [0.29, 0.717) is 66.5 Å². The lowest BCUT2D eigenvalue weighted by molar-refractivity contribution is 0.0958. The second-order valence-electron chi connectivity index (χ2n) is 7.68. The van der Waals surface area contributed by atoms with Crippen molar-refractivity contribution < 1.29 is 18.7 Å². The van der Waals surface area contributed by atoms with Crippen LogP contribution in [0.2, 0.25) is 0 Å². The number of nitrogens with zero attached hydrogens (tertiary/aromatic N) is 4. The van der Waals surface area contributed by atoms with Gasteiger partial charge in [-0.1, -0.05) is 12.1 Å². The first-order valence-corrected chi connectivity index (χ1v) is 12.1. The van der Waals surface area contributed by atoms with Crippen molar-refractivity contribution in [3.05, 3.63) is 65.9 Å². The predicted octanol–water partition coefficient (Wildman–Crippen LogP) is 3.78. The van der Waals surface area contributed by atoms with Crippen LogP contribution in [0.25, 0.3) is 11.3 Å². The molecule has 1 aromatic heterocycles. The monoisotopic (exact) mass is 506 g/mol. The van der Waals surface area contributed by atoms with Crippen LogP contribution in [0.4, 0.5) is 21.7 Å². The van der Waals surface area contributed by atoms with E-state index in [4.69, 9.17) is 10.00 Å². The van der Waals surface area contributed by atoms with Crippen LogP contribution in [-0.2, 0) is 4.74 Å². The van der Waals surface area contributed by atoms with Crippen LogP contribution in [-0.4, -0.2) is 59.8 Å². The number of carbonyl (C=O) groups excluding carboxylic acids is 2. The van der Waals surface area contributed by atoms with Gasteiger partial charge in [-0.05, 0) is 48.2 Å². The number of hydrogen-bond acceptors (Lipinski definition) is 9. The zero-order chi connectivity index (χ0) is 25.3. The first-order chi connectivity index (χ1) is 17.6. The van der Waals surface area contributed by atoms with Crippen LogP contribution < -0.4 is 15.5 Å². The van der Waals surface area contributed by atoms with Crippen LogP contribution in [0.15, 0.2) is 54.7 Å². The number of nitriles is 1. The molecule has 2 heterocycles. The van der Waals surface area contributed by atoms with Gasteiger partial charge in [-0.15, -0.1) is 0 Å². The number of nitrogens with one attached hydrogen (secondary N) is 2. The summed E-state index contributed by atoms with van der Waals surface area (Å²) in [5.41, 5.74) is 3.58. The summed E-state index contributed by atoms with van der Waals surface area (Å²) in [5, 5.41) is 13.9. The van der Waals surface area contributed by atoms with Gasteiger partial charge < -0.3 is 20.3 Å². The summed E-state index contributed by atoms with van der Waals surface area (Å²) in [6.45, 7) is 2.37. The molecule has 0 aliphatic carbocycles. The molecule has 2 aromatic carbocycles. The summed E-state index contributed by atoms with van der Waals surface area (Å²) in [7, 11) is 0. The van der Waals surface area contributed by atoms with Crippen LogP contribution >= 0.6 is 11.8 Å². The summed E-state index contributed by atoms with van der Waals surface area (Å²) in [6, 6.07) is 15.0. The molecule has 0 unspecified atom stereocenters. The Morgan fingerprint density at radius 3 is 2.64 bits per heavy atom. The van der Waals surface area contributed by atoms with Crippen molar-refractivity contribution in [1.82, 2.24) is 15.3 Å². The van der Waals surface area contributed by atoms with E-state index in [9.17, 15) is 14.0 Å². The maximum atomic E-state index is 12.9. The fourth-order valence-electron chi connectivity index (χ4n) is 3.71. The first kappa shape index (κ1) is 25.1. The standard InChI is InChI=1S/C25H23FN6O3S/c26-16-36-24(34)20-15-19(5-6-22(20)32-11-13-35-14-12-32)30-25-29-9-7-21(31-25)17-1-3-18(4-2-17)23(33)28-10-8-27/h1-7,9,15H,10-14,16H2,(H,28,33)(H,29,30,31). The van der Waals surface area contributed by atoms with E-state index in [0.717, 1.165) is 11.3 Å². The number of thioether (sulfide) groups is 1. The molecule has 1 aliphatic heterocycles. The molecular weight excluding hydrogens is 483 g/mol. The molecule has 0 saturated carbocycles. The highest BCUT2D eigenvalue weighted by molar-refractivity contribution is 8.14. The van der Waals surface area contributed by atoms with E-state index in [1.165, 1.54) is 0 Å². The van der Waals surface area contributed by atoms with Crippen LogP contribution in [0.5, 0.6) is 0 Å². The normalized spacial score (nSPS) is 13.1. The van der Waals surface area contributed by atoms with Crippen molar-refractivity contribution in [1.29, 1.82) is 5.26 Å². The molecule has 1 saturated heterocycles. The summed E-state index contributed by atoms with van der Waals surface area (Å²) in [4.78, 5) is 35.5. The zero-order valence-corrected chi connectivity index (χ0v) is 20.1. The number of rotatable bonds is 8. The average Bonchev–Trinajstić information content (AvgIpc) is 2.92. The van der Waals surface area contributed by atoms with Gasteiger partial charge in [-0.25, -0.2) is 14.4 Å². The molecular formula is C25H23FN6O3S. The second-order valence-corrected chi connectivity index (χ2v) is 8.56. The van der Waals surface area contributed by atoms with Crippen molar-refractivity contribution in [2.75, 3.05) is 49.1 Å². The maximum absolute atomic E-state index is 12.9. The maximum Gasteiger partial charge on any atom is 0.252 e. The van der Waals surface area contributed by atoms with E-state index in [-0.39, 0.29) is 17.6 Å². The van der Waals surface area contributed by atoms with E-state index in [1.807, 2.05) is 18.2 Å². The largest absolute Gasteiger partial charge is 0.378 e. The molecule has 1 amide bonds. The van der Waals surface area contributed by atoms with Crippen molar-refractivity contribution in [3.8, 4) is 17.3 Å². The van der Waals surface area contributed by atoms with Gasteiger partial charge in [0, 0.05) is 41.8 Å². The first-order valence-electron chi connectivity index (χ1n) is 11.1. The van der Waals surface area contributed by atoms with Gasteiger partial charge in [0.1, 0.15) is 12.6 Å². The third-order valence-corrected chi connectivity index (χ3v) is 6.03. The molecule has 3 aromatic rings. The minimum atomic E-state index is -0.803. The lowest BCUT2D eigenvalue weighted by Crippen LogP contribution is -2.37. The highest BCUT2D eigenvalue weighted by Gasteiger charge is 2.20. The van der Waals surface area contributed by atoms with E-state index < -0.39 is 6.01 Å². The molecule has 9 nitrogen and oxygen atoms in total. The Morgan fingerprint density at radius 2 is 1.92 bits per heavy atom. The molecule has 184 valence electrons. The molecule has 2 N–H and O–H groups in total. The van der Waals surface area contributed by atoms with Gasteiger partial charge in [-0.3, -0.25) is 9.59 Å². The van der Waals surface area contributed by atoms with Crippen molar-refractivity contribution in [2.24, 2.45) is 0 Å². The third kappa shape index (κ3) is 6.16.